The van der Waals surface area contributed by atoms with Gasteiger partial charge in [0.15, 0.2) is 11.5 Å². The fourth-order valence-electron chi connectivity index (χ4n) is 1.88. The maximum atomic E-state index is 12.1. The Morgan fingerprint density at radius 1 is 1.43 bits per heavy atom. The molecule has 0 radical (unpaired) electrons. The van der Waals surface area contributed by atoms with Crippen LogP contribution in [0.3, 0.4) is 0 Å². The summed E-state index contributed by atoms with van der Waals surface area (Å²) in [5.74, 6) is 1.43. The van der Waals surface area contributed by atoms with Gasteiger partial charge in [-0.15, -0.1) is 0 Å². The number of ether oxygens (including phenoxy) is 2. The van der Waals surface area contributed by atoms with E-state index >= 15 is 0 Å². The van der Waals surface area contributed by atoms with E-state index in [1.807, 2.05) is 0 Å². The molecule has 1 fully saturated rings. The topological polar surface area (TPSA) is 47.6 Å². The quantitative estimate of drug-likeness (QED) is 0.836. The number of rotatable bonds is 7. The first kappa shape index (κ1) is 16.0. The first-order valence-electron chi connectivity index (χ1n) is 7.32. The van der Waals surface area contributed by atoms with Crippen LogP contribution >= 0.6 is 11.6 Å². The van der Waals surface area contributed by atoms with Crippen molar-refractivity contribution in [3.05, 3.63) is 22.7 Å². The summed E-state index contributed by atoms with van der Waals surface area (Å²) < 4.78 is 11.0. The van der Waals surface area contributed by atoms with Crippen LogP contribution in [0, 0.1) is 5.92 Å². The van der Waals surface area contributed by atoms with Gasteiger partial charge in [0.05, 0.1) is 18.7 Å². The number of benzene rings is 1. The number of halogens is 1. The Kier molecular flexibility index (Phi) is 5.34. The molecule has 0 aliphatic heterocycles. The summed E-state index contributed by atoms with van der Waals surface area (Å²) in [6, 6.07) is 3.62. The smallest absolute Gasteiger partial charge is 0.251 e. The Morgan fingerprint density at radius 3 is 2.71 bits per heavy atom. The van der Waals surface area contributed by atoms with Gasteiger partial charge in [0.1, 0.15) is 0 Å². The summed E-state index contributed by atoms with van der Waals surface area (Å²) >= 11 is 6.24. The van der Waals surface area contributed by atoms with Crippen LogP contribution in [0.2, 0.25) is 5.02 Å². The molecule has 1 aliphatic carbocycles. The van der Waals surface area contributed by atoms with Crippen molar-refractivity contribution in [2.45, 2.75) is 39.2 Å². The van der Waals surface area contributed by atoms with E-state index in [1.165, 1.54) is 0 Å². The normalized spacial score (nSPS) is 14.1. The summed E-state index contributed by atoms with van der Waals surface area (Å²) in [5, 5.41) is 3.33. The fraction of sp³-hybridized carbons (Fsp3) is 0.562. The Labute approximate surface area is 130 Å². The van der Waals surface area contributed by atoms with Crippen LogP contribution in [0.25, 0.3) is 0 Å². The molecule has 4 nitrogen and oxygen atoms in total. The molecule has 2 rings (SSSR count). The second-order valence-corrected chi connectivity index (χ2v) is 6.18. The van der Waals surface area contributed by atoms with Crippen LogP contribution in [0.4, 0.5) is 0 Å². The summed E-state index contributed by atoms with van der Waals surface area (Å²) in [5.41, 5.74) is 0.500. The van der Waals surface area contributed by atoms with E-state index in [1.54, 1.807) is 19.2 Å². The minimum absolute atomic E-state index is 0.119. The van der Waals surface area contributed by atoms with Crippen molar-refractivity contribution in [2.75, 3.05) is 13.7 Å². The van der Waals surface area contributed by atoms with E-state index in [4.69, 9.17) is 21.1 Å². The number of hydrogen-bond donors (Lipinski definition) is 1. The van der Waals surface area contributed by atoms with Gasteiger partial charge in [0.2, 0.25) is 0 Å². The zero-order chi connectivity index (χ0) is 15.4. The molecule has 5 heteroatoms. The Morgan fingerprint density at radius 2 is 2.14 bits per heavy atom. The molecule has 0 atom stereocenters. The van der Waals surface area contributed by atoms with Gasteiger partial charge in [-0.1, -0.05) is 25.4 Å². The fourth-order valence-corrected chi connectivity index (χ4v) is 2.15. The minimum atomic E-state index is -0.119. The van der Waals surface area contributed by atoms with E-state index < -0.39 is 0 Å². The molecule has 1 aromatic rings. The molecule has 1 aromatic carbocycles. The maximum absolute atomic E-state index is 12.1. The lowest BCUT2D eigenvalue weighted by atomic mass is 10.1. The molecule has 0 heterocycles. The van der Waals surface area contributed by atoms with E-state index in [2.05, 4.69) is 19.2 Å². The molecule has 0 aromatic heterocycles. The van der Waals surface area contributed by atoms with Crippen molar-refractivity contribution < 1.29 is 14.3 Å². The van der Waals surface area contributed by atoms with Crippen molar-refractivity contribution in [3.63, 3.8) is 0 Å². The lowest BCUT2D eigenvalue weighted by Gasteiger charge is -2.15. The van der Waals surface area contributed by atoms with Crippen LogP contribution < -0.4 is 14.8 Å². The highest BCUT2D eigenvalue weighted by Gasteiger charge is 2.25. The number of carbonyl (C=O) groups is 1. The largest absolute Gasteiger partial charge is 0.493 e. The summed E-state index contributed by atoms with van der Waals surface area (Å²) in [4.78, 5) is 12.1. The molecular weight excluding hydrogens is 290 g/mol. The van der Waals surface area contributed by atoms with Crippen LogP contribution in [-0.2, 0) is 0 Å². The molecule has 0 unspecified atom stereocenters. The minimum Gasteiger partial charge on any atom is -0.493 e. The average Bonchev–Trinajstić information content (AvgIpc) is 3.23. The van der Waals surface area contributed by atoms with Crippen LogP contribution in [0.1, 0.15) is 43.5 Å². The molecule has 21 heavy (non-hydrogen) atoms. The second kappa shape index (κ2) is 7.03. The molecule has 0 spiro atoms. The van der Waals surface area contributed by atoms with Gasteiger partial charge in [0.25, 0.3) is 5.91 Å². The van der Waals surface area contributed by atoms with Gasteiger partial charge in [-0.25, -0.2) is 0 Å². The SMILES string of the molecule is COc1cc(C(=O)NC2CC2)cc(Cl)c1OCCC(C)C. The predicted molar refractivity (Wildman–Crippen MR) is 83.4 cm³/mol. The second-order valence-electron chi connectivity index (χ2n) is 5.77. The van der Waals surface area contributed by atoms with E-state index in [-0.39, 0.29) is 5.91 Å². The van der Waals surface area contributed by atoms with Crippen LogP contribution in [-0.4, -0.2) is 25.7 Å². The van der Waals surface area contributed by atoms with Gasteiger partial charge < -0.3 is 14.8 Å². The first-order chi connectivity index (χ1) is 10.0. The van der Waals surface area contributed by atoms with E-state index in [0.29, 0.717) is 40.7 Å². The number of hydrogen-bond acceptors (Lipinski definition) is 3. The molecule has 116 valence electrons. The number of carbonyl (C=O) groups excluding carboxylic acids is 1. The molecular formula is C16H22ClNO3. The van der Waals surface area contributed by atoms with Gasteiger partial charge in [0, 0.05) is 11.6 Å². The molecule has 1 N–H and O–H groups in total. The van der Waals surface area contributed by atoms with E-state index in [0.717, 1.165) is 19.3 Å². The van der Waals surface area contributed by atoms with Crippen LogP contribution in [0.5, 0.6) is 11.5 Å². The summed E-state index contributed by atoms with van der Waals surface area (Å²) in [6.45, 7) is 4.84. The van der Waals surface area contributed by atoms with Crippen LogP contribution in [0.15, 0.2) is 12.1 Å². The first-order valence-corrected chi connectivity index (χ1v) is 7.70. The van der Waals surface area contributed by atoms with Crippen molar-refractivity contribution >= 4 is 17.5 Å². The van der Waals surface area contributed by atoms with Gasteiger partial charge in [-0.05, 0) is 37.3 Å². The monoisotopic (exact) mass is 311 g/mol. The Balaban J connectivity index is 2.11. The molecule has 1 aliphatic rings. The zero-order valence-corrected chi connectivity index (χ0v) is 13.5. The van der Waals surface area contributed by atoms with Crippen molar-refractivity contribution in [2.24, 2.45) is 5.92 Å². The third-order valence-corrected chi connectivity index (χ3v) is 3.63. The molecule has 1 saturated carbocycles. The number of amides is 1. The summed E-state index contributed by atoms with van der Waals surface area (Å²) in [6.07, 6.45) is 3.03. The zero-order valence-electron chi connectivity index (χ0n) is 12.7. The standard InChI is InChI=1S/C16H22ClNO3/c1-10(2)6-7-21-15-13(17)8-11(9-14(15)20-3)16(19)18-12-4-5-12/h8-10,12H,4-7H2,1-3H3,(H,18,19). The van der Waals surface area contributed by atoms with Crippen molar-refractivity contribution in [3.8, 4) is 11.5 Å². The Bertz CT molecular complexity index is 512. The Hall–Kier alpha value is -1.42. The van der Waals surface area contributed by atoms with Crippen molar-refractivity contribution in [1.82, 2.24) is 5.32 Å². The predicted octanol–water partition coefficient (Wildman–Crippen LogP) is 3.67. The highest BCUT2D eigenvalue weighted by atomic mass is 35.5. The van der Waals surface area contributed by atoms with Gasteiger partial charge in [-0.2, -0.15) is 0 Å². The third kappa shape index (κ3) is 4.53. The number of methoxy groups -OCH3 is 1. The highest BCUT2D eigenvalue weighted by Crippen LogP contribution is 2.36. The molecule has 0 bridgehead atoms. The number of nitrogens with one attached hydrogen (secondary N) is 1. The highest BCUT2D eigenvalue weighted by molar-refractivity contribution is 6.32. The summed E-state index contributed by atoms with van der Waals surface area (Å²) in [7, 11) is 1.55. The third-order valence-electron chi connectivity index (χ3n) is 3.35. The van der Waals surface area contributed by atoms with Gasteiger partial charge >= 0.3 is 0 Å². The lowest BCUT2D eigenvalue weighted by Crippen LogP contribution is -2.25. The van der Waals surface area contributed by atoms with E-state index in [9.17, 15) is 4.79 Å². The maximum Gasteiger partial charge on any atom is 0.251 e. The van der Waals surface area contributed by atoms with Gasteiger partial charge in [-0.3, -0.25) is 4.79 Å². The molecule has 0 saturated heterocycles. The molecule has 1 amide bonds. The van der Waals surface area contributed by atoms with Crippen molar-refractivity contribution in [1.29, 1.82) is 0 Å². The lowest BCUT2D eigenvalue weighted by molar-refractivity contribution is 0.0950. The average molecular weight is 312 g/mol.